The van der Waals surface area contributed by atoms with E-state index < -0.39 is 0 Å². The molecule has 0 saturated carbocycles. The minimum Gasteiger partial charge on any atom is -0.486 e. The number of ether oxygens (including phenoxy) is 2. The first-order valence-corrected chi connectivity index (χ1v) is 10.5. The lowest BCUT2D eigenvalue weighted by Crippen LogP contribution is -2.52. The first-order chi connectivity index (χ1) is 14.3. The summed E-state index contributed by atoms with van der Waals surface area (Å²) in [5.41, 5.74) is 1.17. The predicted molar refractivity (Wildman–Crippen MR) is 110 cm³/mol. The number of nitrogens with zero attached hydrogens (tertiary/aromatic N) is 2. The number of urea groups is 1. The molecule has 2 amide bonds. The van der Waals surface area contributed by atoms with E-state index in [1.165, 1.54) is 5.56 Å². The third-order valence-corrected chi connectivity index (χ3v) is 6.09. The third kappa shape index (κ3) is 3.90. The Hall–Kier alpha value is -2.73. The van der Waals surface area contributed by atoms with Gasteiger partial charge in [0.2, 0.25) is 0 Å². The van der Waals surface area contributed by atoms with Gasteiger partial charge in [0, 0.05) is 25.7 Å². The van der Waals surface area contributed by atoms with Crippen LogP contribution < -0.4 is 14.8 Å². The minimum absolute atomic E-state index is 0.0214. The average Bonchev–Trinajstić information content (AvgIpc) is 3.16. The van der Waals surface area contributed by atoms with Crippen molar-refractivity contribution < 1.29 is 14.3 Å². The molecule has 1 N–H and O–H groups in total. The lowest BCUT2D eigenvalue weighted by Gasteiger charge is -2.39. The van der Waals surface area contributed by atoms with E-state index in [-0.39, 0.29) is 24.2 Å². The van der Waals surface area contributed by atoms with E-state index in [9.17, 15) is 4.79 Å². The summed E-state index contributed by atoms with van der Waals surface area (Å²) in [5, 5.41) is 3.15. The number of likely N-dealkylation sites (tertiary alicyclic amines) is 1. The van der Waals surface area contributed by atoms with Gasteiger partial charge in [0.25, 0.3) is 0 Å². The van der Waals surface area contributed by atoms with Crippen molar-refractivity contribution in [2.45, 2.75) is 31.0 Å². The fourth-order valence-corrected chi connectivity index (χ4v) is 4.64. The molecule has 1 unspecified atom stereocenters. The molecule has 29 heavy (non-hydrogen) atoms. The van der Waals surface area contributed by atoms with Crippen molar-refractivity contribution in [1.82, 2.24) is 15.1 Å². The highest BCUT2D eigenvalue weighted by Crippen LogP contribution is 2.31. The van der Waals surface area contributed by atoms with Gasteiger partial charge in [-0.15, -0.1) is 0 Å². The lowest BCUT2D eigenvalue weighted by atomic mass is 10.0. The summed E-state index contributed by atoms with van der Waals surface area (Å²) in [7, 11) is 0. The molecule has 0 aliphatic carbocycles. The minimum atomic E-state index is 0.0214. The van der Waals surface area contributed by atoms with Crippen LogP contribution in [0.3, 0.4) is 0 Å². The van der Waals surface area contributed by atoms with Crippen LogP contribution in [-0.4, -0.2) is 60.8 Å². The SMILES string of the molecule is O=C1NC(c2ccccc2)CN1[C@H]1CCCN(C[C@H]2COc3ccccc3O2)C1. The predicted octanol–water partition coefficient (Wildman–Crippen LogP) is 3.06. The Labute approximate surface area is 171 Å². The molecule has 3 aliphatic heterocycles. The molecule has 2 aromatic rings. The molecule has 0 bridgehead atoms. The summed E-state index contributed by atoms with van der Waals surface area (Å²) in [4.78, 5) is 17.1. The molecule has 0 aromatic heterocycles. The van der Waals surface area contributed by atoms with E-state index in [1.807, 2.05) is 47.4 Å². The Morgan fingerprint density at radius 2 is 1.79 bits per heavy atom. The second-order valence-electron chi connectivity index (χ2n) is 8.12. The second-order valence-corrected chi connectivity index (χ2v) is 8.12. The molecule has 6 nitrogen and oxygen atoms in total. The Morgan fingerprint density at radius 1 is 1.00 bits per heavy atom. The second kappa shape index (κ2) is 7.95. The van der Waals surface area contributed by atoms with Gasteiger partial charge >= 0.3 is 6.03 Å². The molecule has 3 aliphatic rings. The van der Waals surface area contributed by atoms with Crippen LogP contribution in [0.5, 0.6) is 11.5 Å². The van der Waals surface area contributed by atoms with Gasteiger partial charge in [0.1, 0.15) is 12.7 Å². The van der Waals surface area contributed by atoms with Crippen molar-refractivity contribution in [2.75, 3.05) is 32.8 Å². The van der Waals surface area contributed by atoms with Gasteiger partial charge in [-0.25, -0.2) is 4.79 Å². The van der Waals surface area contributed by atoms with Crippen molar-refractivity contribution in [2.24, 2.45) is 0 Å². The van der Waals surface area contributed by atoms with Crippen molar-refractivity contribution in [3.05, 3.63) is 60.2 Å². The van der Waals surface area contributed by atoms with Gasteiger partial charge < -0.3 is 19.7 Å². The monoisotopic (exact) mass is 393 g/mol. The van der Waals surface area contributed by atoms with Gasteiger partial charge in [-0.2, -0.15) is 0 Å². The lowest BCUT2D eigenvalue weighted by molar-refractivity contribution is 0.0402. The van der Waals surface area contributed by atoms with E-state index in [2.05, 4.69) is 22.3 Å². The van der Waals surface area contributed by atoms with Crippen LogP contribution in [0.4, 0.5) is 4.79 Å². The van der Waals surface area contributed by atoms with Gasteiger partial charge in [0.05, 0.1) is 6.04 Å². The summed E-state index contributed by atoms with van der Waals surface area (Å²) in [6.07, 6.45) is 2.17. The molecule has 3 heterocycles. The Balaban J connectivity index is 1.20. The number of hydrogen-bond acceptors (Lipinski definition) is 4. The molecule has 3 atom stereocenters. The Kier molecular flexibility index (Phi) is 5.02. The molecular formula is C23H27N3O3. The quantitative estimate of drug-likeness (QED) is 0.868. The number of benzene rings is 2. The Bertz CT molecular complexity index is 859. The molecular weight excluding hydrogens is 366 g/mol. The van der Waals surface area contributed by atoms with Crippen LogP contribution in [0.15, 0.2) is 54.6 Å². The summed E-state index contributed by atoms with van der Waals surface area (Å²) in [6, 6.07) is 18.4. The van der Waals surface area contributed by atoms with E-state index in [0.29, 0.717) is 6.61 Å². The number of carbonyl (C=O) groups is 1. The number of nitrogens with one attached hydrogen (secondary N) is 1. The highest BCUT2D eigenvalue weighted by atomic mass is 16.6. The summed E-state index contributed by atoms with van der Waals surface area (Å²) < 4.78 is 12.0. The summed E-state index contributed by atoms with van der Waals surface area (Å²) >= 11 is 0. The van der Waals surface area contributed by atoms with E-state index >= 15 is 0 Å². The number of fused-ring (bicyclic) bond motifs is 1. The zero-order valence-electron chi connectivity index (χ0n) is 16.5. The molecule has 5 rings (SSSR count). The highest BCUT2D eigenvalue weighted by Gasteiger charge is 2.37. The molecule has 6 heteroatoms. The van der Waals surface area contributed by atoms with Crippen LogP contribution in [0.25, 0.3) is 0 Å². The average molecular weight is 393 g/mol. The first-order valence-electron chi connectivity index (χ1n) is 10.5. The smallest absolute Gasteiger partial charge is 0.318 e. The molecule has 0 radical (unpaired) electrons. The zero-order valence-corrected chi connectivity index (χ0v) is 16.5. The Morgan fingerprint density at radius 3 is 2.66 bits per heavy atom. The number of carbonyl (C=O) groups excluding carboxylic acids is 1. The van der Waals surface area contributed by atoms with Crippen LogP contribution in [-0.2, 0) is 0 Å². The number of hydrogen-bond donors (Lipinski definition) is 1. The maximum absolute atomic E-state index is 12.6. The number of para-hydroxylation sites is 2. The molecule has 2 aromatic carbocycles. The van der Waals surface area contributed by atoms with Crippen molar-refractivity contribution in [3.8, 4) is 11.5 Å². The van der Waals surface area contributed by atoms with Gasteiger partial charge in [0.15, 0.2) is 11.5 Å². The normalized spacial score (nSPS) is 27.0. The molecule has 0 spiro atoms. The fourth-order valence-electron chi connectivity index (χ4n) is 4.64. The zero-order chi connectivity index (χ0) is 19.6. The third-order valence-electron chi connectivity index (χ3n) is 6.09. The summed E-state index contributed by atoms with van der Waals surface area (Å²) in [6.45, 7) is 4.05. The van der Waals surface area contributed by atoms with Crippen molar-refractivity contribution in [1.29, 1.82) is 0 Å². The van der Waals surface area contributed by atoms with Crippen molar-refractivity contribution >= 4 is 6.03 Å². The maximum atomic E-state index is 12.6. The largest absolute Gasteiger partial charge is 0.486 e. The molecule has 2 fully saturated rings. The number of piperidine rings is 1. The van der Waals surface area contributed by atoms with E-state index in [1.54, 1.807) is 0 Å². The van der Waals surface area contributed by atoms with Crippen LogP contribution >= 0.6 is 0 Å². The van der Waals surface area contributed by atoms with Crippen LogP contribution in [0.1, 0.15) is 24.4 Å². The van der Waals surface area contributed by atoms with Gasteiger partial charge in [-0.3, -0.25) is 4.90 Å². The first kappa shape index (κ1) is 18.3. The van der Waals surface area contributed by atoms with Crippen LogP contribution in [0.2, 0.25) is 0 Å². The topological polar surface area (TPSA) is 54.0 Å². The van der Waals surface area contributed by atoms with Gasteiger partial charge in [-0.05, 0) is 37.1 Å². The highest BCUT2D eigenvalue weighted by molar-refractivity contribution is 5.77. The van der Waals surface area contributed by atoms with Crippen LogP contribution in [0, 0.1) is 0 Å². The van der Waals surface area contributed by atoms with Crippen molar-refractivity contribution in [3.63, 3.8) is 0 Å². The number of amides is 2. The van der Waals surface area contributed by atoms with E-state index in [0.717, 1.165) is 50.5 Å². The molecule has 2 saturated heterocycles. The molecule has 152 valence electrons. The standard InChI is InChI=1S/C23H27N3O3/c27-23-24-20(17-7-2-1-3-8-17)15-26(23)18-9-6-12-25(13-18)14-19-16-28-21-10-4-5-11-22(21)29-19/h1-5,7-8,10-11,18-20H,6,9,12-16H2,(H,24,27)/t18-,19-,20?/m0/s1. The maximum Gasteiger partial charge on any atom is 0.318 e. The van der Waals surface area contributed by atoms with Gasteiger partial charge in [-0.1, -0.05) is 42.5 Å². The summed E-state index contributed by atoms with van der Waals surface area (Å²) in [5.74, 6) is 1.64. The number of rotatable bonds is 4. The van der Waals surface area contributed by atoms with E-state index in [4.69, 9.17) is 9.47 Å². The fraction of sp³-hybridized carbons (Fsp3) is 0.435.